The fourth-order valence-electron chi connectivity index (χ4n) is 0.609. The lowest BCUT2D eigenvalue weighted by molar-refractivity contribution is -0.131. The monoisotopic (exact) mass is 219 g/mol. The number of rotatable bonds is 5. The van der Waals surface area contributed by atoms with E-state index in [0.717, 1.165) is 6.08 Å². The van der Waals surface area contributed by atoms with Crippen LogP contribution in [0.15, 0.2) is 12.2 Å². The van der Waals surface area contributed by atoms with Crippen LogP contribution in [0.4, 0.5) is 0 Å². The van der Waals surface area contributed by atoms with Crippen molar-refractivity contribution >= 4 is 5.97 Å². The van der Waals surface area contributed by atoms with Gasteiger partial charge in [-0.15, -0.1) is 0 Å². The van der Waals surface area contributed by atoms with Gasteiger partial charge in [0.05, 0.1) is 0 Å². The lowest BCUT2D eigenvalue weighted by Gasteiger charge is -2.16. The Kier molecular flexibility index (Phi) is 12.3. The van der Waals surface area contributed by atoms with E-state index in [1.54, 1.807) is 21.1 Å². The van der Waals surface area contributed by atoms with Crippen LogP contribution in [0.2, 0.25) is 0 Å². The molecule has 90 valence electrons. The van der Waals surface area contributed by atoms with Gasteiger partial charge in [-0.25, -0.2) is 4.79 Å². The Labute approximate surface area is 91.1 Å². The molecule has 0 heterocycles. The number of hydrogen-bond acceptors (Lipinski definition) is 4. The van der Waals surface area contributed by atoms with Crippen LogP contribution in [0.3, 0.4) is 0 Å². The Morgan fingerprint density at radius 1 is 1.27 bits per heavy atom. The number of ether oxygens (including phenoxy) is 2. The minimum Gasteiger partial charge on any atom is -0.478 e. The van der Waals surface area contributed by atoms with Gasteiger partial charge in [-0.3, -0.25) is 5.32 Å². The van der Waals surface area contributed by atoms with Gasteiger partial charge in [-0.05, 0) is 20.8 Å². The number of allylic oxidation sites excluding steroid dienone is 1. The van der Waals surface area contributed by atoms with Crippen molar-refractivity contribution in [2.45, 2.75) is 33.2 Å². The summed E-state index contributed by atoms with van der Waals surface area (Å²) in [5, 5.41) is 10.9. The molecule has 2 N–H and O–H groups in total. The van der Waals surface area contributed by atoms with Gasteiger partial charge in [0.1, 0.15) is 12.5 Å². The van der Waals surface area contributed by atoms with Gasteiger partial charge in [0.15, 0.2) is 0 Å². The van der Waals surface area contributed by atoms with Gasteiger partial charge in [-0.1, -0.05) is 6.08 Å². The van der Waals surface area contributed by atoms with E-state index in [2.05, 4.69) is 5.32 Å². The van der Waals surface area contributed by atoms with Crippen molar-refractivity contribution in [3.63, 3.8) is 0 Å². The van der Waals surface area contributed by atoms with E-state index >= 15 is 0 Å². The van der Waals surface area contributed by atoms with Crippen LogP contribution in [-0.2, 0) is 14.3 Å². The third kappa shape index (κ3) is 15.8. The molecule has 5 heteroatoms. The molecule has 15 heavy (non-hydrogen) atoms. The number of nitrogens with one attached hydrogen (secondary N) is 1. The average Bonchev–Trinajstić information content (AvgIpc) is 2.18. The number of carboxylic acids is 1. The van der Waals surface area contributed by atoms with Crippen LogP contribution in [0.25, 0.3) is 0 Å². The van der Waals surface area contributed by atoms with Gasteiger partial charge in [0.25, 0.3) is 0 Å². The molecule has 0 saturated carbocycles. The first-order valence-electron chi connectivity index (χ1n) is 4.65. The first kappa shape index (κ1) is 16.5. The van der Waals surface area contributed by atoms with Crippen molar-refractivity contribution in [1.29, 1.82) is 0 Å². The zero-order valence-electron chi connectivity index (χ0n) is 9.98. The summed E-state index contributed by atoms with van der Waals surface area (Å²) in [5.41, 5.74) is 0. The summed E-state index contributed by atoms with van der Waals surface area (Å²) >= 11 is 0. The molecule has 0 aromatic carbocycles. The van der Waals surface area contributed by atoms with E-state index in [4.69, 9.17) is 14.6 Å². The summed E-state index contributed by atoms with van der Waals surface area (Å²) in [7, 11) is 3.31. The van der Waals surface area contributed by atoms with Crippen molar-refractivity contribution in [2.75, 3.05) is 14.2 Å². The van der Waals surface area contributed by atoms with Gasteiger partial charge < -0.3 is 14.6 Å². The fourth-order valence-corrected chi connectivity index (χ4v) is 0.609. The molecule has 0 bridgehead atoms. The van der Waals surface area contributed by atoms with Crippen LogP contribution in [0.1, 0.15) is 20.8 Å². The van der Waals surface area contributed by atoms with E-state index in [9.17, 15) is 4.79 Å². The van der Waals surface area contributed by atoms with E-state index in [0.29, 0.717) is 0 Å². The van der Waals surface area contributed by atoms with Crippen molar-refractivity contribution in [2.24, 2.45) is 0 Å². The summed E-state index contributed by atoms with van der Waals surface area (Å²) in [4.78, 5) is 9.51. The van der Waals surface area contributed by atoms with Crippen molar-refractivity contribution in [3.8, 4) is 0 Å². The Balaban J connectivity index is 0. The minimum atomic E-state index is -0.891. The predicted molar refractivity (Wildman–Crippen MR) is 58.5 cm³/mol. The van der Waals surface area contributed by atoms with Crippen molar-refractivity contribution in [3.05, 3.63) is 12.2 Å². The second-order valence-electron chi connectivity index (χ2n) is 2.76. The molecule has 2 unspecified atom stereocenters. The zero-order valence-corrected chi connectivity index (χ0v) is 9.98. The highest BCUT2D eigenvalue weighted by Gasteiger charge is 2.02. The van der Waals surface area contributed by atoms with Crippen molar-refractivity contribution < 1.29 is 19.4 Å². The SMILES string of the molecule is CC=CC(=O)O.COC(C)NC(C)OC. The number of aliphatic carboxylic acids is 1. The molecule has 0 aliphatic rings. The number of hydrogen-bond donors (Lipinski definition) is 2. The second-order valence-corrected chi connectivity index (χ2v) is 2.76. The Bertz CT molecular complexity index is 174. The molecule has 0 saturated heterocycles. The molecular weight excluding hydrogens is 198 g/mol. The molecule has 0 fully saturated rings. The highest BCUT2D eigenvalue weighted by molar-refractivity contribution is 5.79. The maximum absolute atomic E-state index is 9.51. The van der Waals surface area contributed by atoms with Gasteiger partial charge >= 0.3 is 5.97 Å². The topological polar surface area (TPSA) is 67.8 Å². The first-order chi connectivity index (χ1) is 6.97. The summed E-state index contributed by atoms with van der Waals surface area (Å²) < 4.78 is 9.86. The molecule has 0 spiro atoms. The normalized spacial score (nSPS) is 14.2. The lowest BCUT2D eigenvalue weighted by atomic mass is 10.5. The smallest absolute Gasteiger partial charge is 0.327 e. The largest absolute Gasteiger partial charge is 0.478 e. The van der Waals surface area contributed by atoms with Crippen LogP contribution < -0.4 is 5.32 Å². The van der Waals surface area contributed by atoms with E-state index < -0.39 is 5.97 Å². The average molecular weight is 219 g/mol. The highest BCUT2D eigenvalue weighted by Crippen LogP contribution is 1.86. The summed E-state index contributed by atoms with van der Waals surface area (Å²) in [5.74, 6) is -0.891. The number of methoxy groups -OCH3 is 2. The van der Waals surface area contributed by atoms with Gasteiger partial charge in [0.2, 0.25) is 0 Å². The maximum Gasteiger partial charge on any atom is 0.327 e. The molecule has 0 aliphatic heterocycles. The molecular formula is C10H21NO4. The van der Waals surface area contributed by atoms with Gasteiger partial charge in [0, 0.05) is 20.3 Å². The highest BCUT2D eigenvalue weighted by atomic mass is 16.5. The zero-order chi connectivity index (χ0) is 12.3. The molecule has 2 atom stereocenters. The Hall–Kier alpha value is -0.910. The summed E-state index contributed by atoms with van der Waals surface area (Å²) in [6.07, 6.45) is 2.67. The van der Waals surface area contributed by atoms with E-state index in [1.807, 2.05) is 13.8 Å². The maximum atomic E-state index is 9.51. The summed E-state index contributed by atoms with van der Waals surface area (Å²) in [6.45, 7) is 5.51. The first-order valence-corrected chi connectivity index (χ1v) is 4.65. The molecule has 0 amide bonds. The number of carbonyl (C=O) groups is 1. The van der Waals surface area contributed by atoms with Crippen LogP contribution in [-0.4, -0.2) is 37.8 Å². The molecule has 0 aromatic rings. The molecule has 0 aromatic heterocycles. The fraction of sp³-hybridized carbons (Fsp3) is 0.700. The van der Waals surface area contributed by atoms with E-state index in [-0.39, 0.29) is 12.5 Å². The Morgan fingerprint density at radius 3 is 1.80 bits per heavy atom. The van der Waals surface area contributed by atoms with Crippen LogP contribution in [0.5, 0.6) is 0 Å². The standard InChI is InChI=1S/C6H15NO2.C4H6O2/c1-5(8-3)7-6(2)9-4;1-2-3-4(5)6/h5-7H,1-4H3;2-3H,1H3,(H,5,6). The molecule has 0 aliphatic carbocycles. The predicted octanol–water partition coefficient (Wildman–Crippen LogP) is 1.21. The molecule has 0 radical (unpaired) electrons. The Morgan fingerprint density at radius 2 is 1.67 bits per heavy atom. The lowest BCUT2D eigenvalue weighted by Crippen LogP contribution is -2.36. The van der Waals surface area contributed by atoms with Crippen molar-refractivity contribution in [1.82, 2.24) is 5.32 Å². The third-order valence-corrected chi connectivity index (χ3v) is 1.49. The minimum absolute atomic E-state index is 0.0555. The number of carboxylic acid groups (broad SMARTS) is 1. The molecule has 5 nitrogen and oxygen atoms in total. The second kappa shape index (κ2) is 11.2. The van der Waals surface area contributed by atoms with Crippen LogP contribution >= 0.6 is 0 Å². The van der Waals surface area contributed by atoms with Gasteiger partial charge in [-0.2, -0.15) is 0 Å². The third-order valence-electron chi connectivity index (χ3n) is 1.49. The summed E-state index contributed by atoms with van der Waals surface area (Å²) in [6, 6.07) is 0. The van der Waals surface area contributed by atoms with E-state index in [1.165, 1.54) is 6.08 Å². The quantitative estimate of drug-likeness (QED) is 0.537. The molecule has 0 rings (SSSR count). The van der Waals surface area contributed by atoms with Crippen LogP contribution in [0, 0.1) is 0 Å².